The van der Waals surface area contributed by atoms with E-state index in [1.807, 2.05) is 0 Å². The van der Waals surface area contributed by atoms with Crippen LogP contribution >= 0.6 is 0 Å². The molecule has 0 fully saturated rings. The highest BCUT2D eigenvalue weighted by Gasteiger charge is 2.24. The molecule has 1 aromatic carbocycles. The van der Waals surface area contributed by atoms with Crippen LogP contribution in [0.3, 0.4) is 0 Å². The minimum Gasteiger partial charge on any atom is -0.490 e. The average Bonchev–Trinajstić information content (AvgIpc) is 2.97. The minimum absolute atomic E-state index is 0.192. The lowest BCUT2D eigenvalue weighted by molar-refractivity contribution is 0.260. The first-order valence-corrected chi connectivity index (χ1v) is 6.83. The van der Waals surface area contributed by atoms with Gasteiger partial charge in [-0.3, -0.25) is 14.9 Å². The number of nitrogens with zero attached hydrogens (tertiary/aromatic N) is 2. The predicted octanol–water partition coefficient (Wildman–Crippen LogP) is 1.72. The van der Waals surface area contributed by atoms with Crippen LogP contribution in [0.25, 0.3) is 11.0 Å². The van der Waals surface area contributed by atoms with Crippen LogP contribution in [-0.4, -0.2) is 26.8 Å². The van der Waals surface area contributed by atoms with E-state index in [1.54, 1.807) is 12.1 Å². The summed E-state index contributed by atoms with van der Waals surface area (Å²) < 4.78 is 19.2. The van der Waals surface area contributed by atoms with E-state index in [1.165, 1.54) is 12.3 Å². The Hall–Kier alpha value is -2.90. The van der Waals surface area contributed by atoms with Gasteiger partial charge in [-0.2, -0.15) is 10.1 Å². The summed E-state index contributed by atoms with van der Waals surface area (Å²) in [5.41, 5.74) is 0.823. The SMILES string of the molecule is O=c1[nH]c(N[C@H]2CCOc3c(F)cccc32)nc2[nH]ncc12. The van der Waals surface area contributed by atoms with Gasteiger partial charge in [0.2, 0.25) is 5.95 Å². The van der Waals surface area contributed by atoms with E-state index in [4.69, 9.17) is 4.74 Å². The Morgan fingerprint density at radius 1 is 1.41 bits per heavy atom. The summed E-state index contributed by atoms with van der Waals surface area (Å²) >= 11 is 0. The maximum absolute atomic E-state index is 13.8. The van der Waals surface area contributed by atoms with Crippen molar-refractivity contribution in [2.75, 3.05) is 11.9 Å². The van der Waals surface area contributed by atoms with Gasteiger partial charge in [0.15, 0.2) is 17.2 Å². The van der Waals surface area contributed by atoms with E-state index in [-0.39, 0.29) is 17.4 Å². The number of nitrogens with one attached hydrogen (secondary N) is 3. The summed E-state index contributed by atoms with van der Waals surface area (Å²) in [6.07, 6.45) is 2.06. The van der Waals surface area contributed by atoms with Crippen LogP contribution in [0, 0.1) is 5.82 Å². The lowest BCUT2D eigenvalue weighted by Crippen LogP contribution is -2.23. The molecule has 1 aliphatic heterocycles. The lowest BCUT2D eigenvalue weighted by atomic mass is 10.0. The van der Waals surface area contributed by atoms with Crippen molar-refractivity contribution in [1.82, 2.24) is 20.2 Å². The number of H-pyrrole nitrogens is 2. The summed E-state index contributed by atoms with van der Waals surface area (Å²) in [4.78, 5) is 18.8. The molecule has 2 aromatic heterocycles. The number of anilines is 1. The zero-order chi connectivity index (χ0) is 15.1. The van der Waals surface area contributed by atoms with Crippen LogP contribution < -0.4 is 15.6 Å². The molecule has 112 valence electrons. The van der Waals surface area contributed by atoms with Crippen LogP contribution in [0.15, 0.2) is 29.2 Å². The third-order valence-electron chi connectivity index (χ3n) is 3.66. The van der Waals surface area contributed by atoms with Crippen LogP contribution in [0.1, 0.15) is 18.0 Å². The van der Waals surface area contributed by atoms with Gasteiger partial charge in [-0.1, -0.05) is 12.1 Å². The molecule has 0 spiro atoms. The number of halogens is 1. The second-order valence-electron chi connectivity index (χ2n) is 5.04. The molecule has 0 bridgehead atoms. The Kier molecular flexibility index (Phi) is 2.81. The summed E-state index contributed by atoms with van der Waals surface area (Å²) in [5, 5.41) is 9.97. The number of rotatable bonds is 2. The van der Waals surface area contributed by atoms with E-state index in [0.717, 1.165) is 0 Å². The molecular weight excluding hydrogens is 289 g/mol. The molecule has 1 aliphatic rings. The van der Waals surface area contributed by atoms with Crippen molar-refractivity contribution < 1.29 is 9.13 Å². The molecule has 1 atom stereocenters. The van der Waals surface area contributed by atoms with E-state index >= 15 is 0 Å². The van der Waals surface area contributed by atoms with E-state index in [2.05, 4.69) is 25.5 Å². The fourth-order valence-corrected chi connectivity index (χ4v) is 2.62. The zero-order valence-corrected chi connectivity index (χ0v) is 11.4. The van der Waals surface area contributed by atoms with Crippen molar-refractivity contribution in [3.8, 4) is 5.75 Å². The Bertz CT molecular complexity index is 904. The monoisotopic (exact) mass is 301 g/mol. The molecule has 4 rings (SSSR count). The summed E-state index contributed by atoms with van der Waals surface area (Å²) in [7, 11) is 0. The highest BCUT2D eigenvalue weighted by molar-refractivity contribution is 5.73. The second kappa shape index (κ2) is 4.83. The van der Waals surface area contributed by atoms with Gasteiger partial charge in [0.05, 0.1) is 18.8 Å². The summed E-state index contributed by atoms with van der Waals surface area (Å²) in [6, 6.07) is 4.59. The highest BCUT2D eigenvalue weighted by atomic mass is 19.1. The zero-order valence-electron chi connectivity index (χ0n) is 11.4. The molecule has 0 radical (unpaired) electrons. The standard InChI is InChI=1S/C14H12FN5O2/c15-9-3-1-2-7-10(4-5-22-11(7)9)17-14-18-12-8(6-16-20-12)13(21)19-14/h1-3,6,10H,4-5H2,(H3,16,17,18,19,20,21)/t10-/m0/s1. The maximum Gasteiger partial charge on any atom is 0.263 e. The van der Waals surface area contributed by atoms with E-state index in [9.17, 15) is 9.18 Å². The van der Waals surface area contributed by atoms with Crippen molar-refractivity contribution in [1.29, 1.82) is 0 Å². The topological polar surface area (TPSA) is 95.7 Å². The smallest absolute Gasteiger partial charge is 0.263 e. The molecule has 0 unspecified atom stereocenters. The Morgan fingerprint density at radius 3 is 3.23 bits per heavy atom. The maximum atomic E-state index is 13.8. The van der Waals surface area contributed by atoms with Crippen LogP contribution in [-0.2, 0) is 0 Å². The van der Waals surface area contributed by atoms with E-state index < -0.39 is 5.82 Å². The molecule has 0 saturated carbocycles. The largest absolute Gasteiger partial charge is 0.490 e. The van der Waals surface area contributed by atoms with Crippen LogP contribution in [0.5, 0.6) is 5.75 Å². The molecular formula is C14H12FN5O2. The van der Waals surface area contributed by atoms with E-state index in [0.29, 0.717) is 35.6 Å². The predicted molar refractivity (Wildman–Crippen MR) is 77.4 cm³/mol. The van der Waals surface area contributed by atoms with Gasteiger partial charge < -0.3 is 10.1 Å². The Balaban J connectivity index is 1.72. The number of fused-ring (bicyclic) bond motifs is 2. The number of hydrogen-bond acceptors (Lipinski definition) is 5. The Morgan fingerprint density at radius 2 is 2.32 bits per heavy atom. The normalized spacial score (nSPS) is 17.0. The van der Waals surface area contributed by atoms with Gasteiger partial charge in [-0.05, 0) is 6.07 Å². The highest BCUT2D eigenvalue weighted by Crippen LogP contribution is 2.35. The molecule has 22 heavy (non-hydrogen) atoms. The molecule has 3 heterocycles. The molecule has 3 aromatic rings. The van der Waals surface area contributed by atoms with Crippen molar-refractivity contribution in [2.45, 2.75) is 12.5 Å². The minimum atomic E-state index is -0.394. The number of hydrogen-bond donors (Lipinski definition) is 3. The van der Waals surface area contributed by atoms with Crippen LogP contribution in [0.4, 0.5) is 10.3 Å². The van der Waals surface area contributed by atoms with Crippen molar-refractivity contribution >= 4 is 17.0 Å². The third-order valence-corrected chi connectivity index (χ3v) is 3.66. The van der Waals surface area contributed by atoms with Crippen molar-refractivity contribution in [3.05, 3.63) is 46.1 Å². The number of aromatic nitrogens is 4. The lowest BCUT2D eigenvalue weighted by Gasteiger charge is -2.27. The molecule has 0 amide bonds. The van der Waals surface area contributed by atoms with Gasteiger partial charge in [-0.25, -0.2) is 4.39 Å². The van der Waals surface area contributed by atoms with Crippen LogP contribution in [0.2, 0.25) is 0 Å². The molecule has 8 heteroatoms. The molecule has 0 aliphatic carbocycles. The van der Waals surface area contributed by atoms with Gasteiger partial charge in [-0.15, -0.1) is 0 Å². The number of ether oxygens (including phenoxy) is 1. The number of para-hydroxylation sites is 1. The van der Waals surface area contributed by atoms with Gasteiger partial charge >= 0.3 is 0 Å². The fourth-order valence-electron chi connectivity index (χ4n) is 2.62. The first-order valence-electron chi connectivity index (χ1n) is 6.83. The van der Waals surface area contributed by atoms with Gasteiger partial charge in [0.1, 0.15) is 5.39 Å². The quantitative estimate of drug-likeness (QED) is 0.670. The van der Waals surface area contributed by atoms with Crippen molar-refractivity contribution in [2.24, 2.45) is 0 Å². The summed E-state index contributed by atoms with van der Waals surface area (Å²) in [6.45, 7) is 0.391. The third kappa shape index (κ3) is 2.00. The average molecular weight is 301 g/mol. The number of benzene rings is 1. The van der Waals surface area contributed by atoms with Gasteiger partial charge in [0.25, 0.3) is 5.56 Å². The number of aromatic amines is 2. The van der Waals surface area contributed by atoms with Gasteiger partial charge in [0, 0.05) is 12.0 Å². The first-order chi connectivity index (χ1) is 10.7. The molecule has 0 saturated heterocycles. The Labute approximate surface area is 123 Å². The molecule has 3 N–H and O–H groups in total. The van der Waals surface area contributed by atoms with Crippen molar-refractivity contribution in [3.63, 3.8) is 0 Å². The first kappa shape index (κ1) is 12.8. The fraction of sp³-hybridized carbons (Fsp3) is 0.214. The molecule has 7 nitrogen and oxygen atoms in total. The summed E-state index contributed by atoms with van der Waals surface area (Å²) in [5.74, 6) is 0.162. The second-order valence-corrected chi connectivity index (χ2v) is 5.04.